The Morgan fingerprint density at radius 3 is 2.63 bits per heavy atom. The van der Waals surface area contributed by atoms with E-state index in [1.807, 2.05) is 19.1 Å². The van der Waals surface area contributed by atoms with Crippen LogP contribution in [0.1, 0.15) is 24.9 Å². The number of hydrogen-bond donors (Lipinski definition) is 2. The SMILES string of the molecule is CCC(Nc1ccc(Br)c(F)c1)c1ccccc1O. The van der Waals surface area contributed by atoms with Gasteiger partial charge in [-0.3, -0.25) is 0 Å². The molecule has 2 nitrogen and oxygen atoms in total. The molecule has 0 fully saturated rings. The van der Waals surface area contributed by atoms with E-state index >= 15 is 0 Å². The third kappa shape index (κ3) is 3.26. The molecule has 2 aromatic carbocycles. The first-order valence-electron chi connectivity index (χ1n) is 6.11. The van der Waals surface area contributed by atoms with Gasteiger partial charge in [0.1, 0.15) is 11.6 Å². The zero-order chi connectivity index (χ0) is 13.8. The molecule has 0 aliphatic heterocycles. The number of nitrogens with one attached hydrogen (secondary N) is 1. The summed E-state index contributed by atoms with van der Waals surface area (Å²) in [5.74, 6) is -0.0587. The van der Waals surface area contributed by atoms with Crippen molar-refractivity contribution < 1.29 is 9.50 Å². The summed E-state index contributed by atoms with van der Waals surface area (Å²) in [6.07, 6.45) is 0.787. The number of rotatable bonds is 4. The molecule has 0 aliphatic carbocycles. The van der Waals surface area contributed by atoms with Gasteiger partial charge in [-0.15, -0.1) is 0 Å². The van der Waals surface area contributed by atoms with E-state index < -0.39 is 0 Å². The fraction of sp³-hybridized carbons (Fsp3) is 0.200. The molecule has 2 rings (SSSR count). The number of aromatic hydroxyl groups is 1. The summed E-state index contributed by atoms with van der Waals surface area (Å²) in [7, 11) is 0. The fourth-order valence-corrected chi connectivity index (χ4v) is 2.22. The number of anilines is 1. The standard InChI is InChI=1S/C15H15BrFNO/c1-2-14(11-5-3-4-6-15(11)19)18-10-7-8-12(16)13(17)9-10/h3-9,14,18-19H,2H2,1H3. The van der Waals surface area contributed by atoms with Gasteiger partial charge in [0.15, 0.2) is 0 Å². The third-order valence-electron chi connectivity index (χ3n) is 2.98. The molecule has 100 valence electrons. The molecule has 2 aromatic rings. The van der Waals surface area contributed by atoms with Crippen LogP contribution in [0.5, 0.6) is 5.75 Å². The first-order chi connectivity index (χ1) is 9.11. The van der Waals surface area contributed by atoms with Crippen molar-refractivity contribution in [1.29, 1.82) is 0 Å². The average Bonchev–Trinajstić information content (AvgIpc) is 2.41. The van der Waals surface area contributed by atoms with Gasteiger partial charge in [-0.1, -0.05) is 25.1 Å². The molecular formula is C15H15BrFNO. The largest absolute Gasteiger partial charge is 0.508 e. The molecule has 0 heterocycles. The Hall–Kier alpha value is -1.55. The Labute approximate surface area is 120 Å². The third-order valence-corrected chi connectivity index (χ3v) is 3.62. The highest BCUT2D eigenvalue weighted by Crippen LogP contribution is 2.30. The van der Waals surface area contributed by atoms with Crippen LogP contribution in [0.2, 0.25) is 0 Å². The zero-order valence-electron chi connectivity index (χ0n) is 10.5. The fourth-order valence-electron chi connectivity index (χ4n) is 1.97. The molecule has 0 aliphatic rings. The van der Waals surface area contributed by atoms with Gasteiger partial charge in [-0.05, 0) is 46.6 Å². The molecule has 19 heavy (non-hydrogen) atoms. The van der Waals surface area contributed by atoms with Crippen LogP contribution < -0.4 is 5.32 Å². The quantitative estimate of drug-likeness (QED) is 0.842. The van der Waals surface area contributed by atoms with Crippen molar-refractivity contribution in [2.24, 2.45) is 0 Å². The van der Waals surface area contributed by atoms with Gasteiger partial charge in [-0.2, -0.15) is 0 Å². The lowest BCUT2D eigenvalue weighted by molar-refractivity contribution is 0.463. The van der Waals surface area contributed by atoms with Gasteiger partial charge < -0.3 is 10.4 Å². The Morgan fingerprint density at radius 2 is 2.00 bits per heavy atom. The number of phenolic OH excluding ortho intramolecular Hbond substituents is 1. The van der Waals surface area contributed by atoms with E-state index in [2.05, 4.69) is 21.2 Å². The minimum Gasteiger partial charge on any atom is -0.508 e. The predicted molar refractivity (Wildman–Crippen MR) is 78.9 cm³/mol. The summed E-state index contributed by atoms with van der Waals surface area (Å²) in [5.41, 5.74) is 1.50. The van der Waals surface area contributed by atoms with Gasteiger partial charge in [0.2, 0.25) is 0 Å². The smallest absolute Gasteiger partial charge is 0.139 e. The summed E-state index contributed by atoms with van der Waals surface area (Å²) in [6, 6.07) is 12.0. The second kappa shape index (κ2) is 6.06. The van der Waals surface area contributed by atoms with Crippen molar-refractivity contribution in [3.05, 3.63) is 58.3 Å². The van der Waals surface area contributed by atoms with Crippen LogP contribution in [0.25, 0.3) is 0 Å². The van der Waals surface area contributed by atoms with E-state index in [0.29, 0.717) is 10.2 Å². The molecule has 0 saturated carbocycles. The van der Waals surface area contributed by atoms with E-state index in [1.54, 1.807) is 24.3 Å². The second-order valence-corrected chi connectivity index (χ2v) is 5.15. The molecular weight excluding hydrogens is 309 g/mol. The van der Waals surface area contributed by atoms with Crippen molar-refractivity contribution in [1.82, 2.24) is 0 Å². The van der Waals surface area contributed by atoms with E-state index in [9.17, 15) is 9.50 Å². The van der Waals surface area contributed by atoms with Crippen molar-refractivity contribution in [2.75, 3.05) is 5.32 Å². The van der Waals surface area contributed by atoms with E-state index in [1.165, 1.54) is 6.07 Å². The lowest BCUT2D eigenvalue weighted by Gasteiger charge is -2.20. The number of benzene rings is 2. The molecule has 1 unspecified atom stereocenters. The van der Waals surface area contributed by atoms with E-state index in [-0.39, 0.29) is 17.6 Å². The summed E-state index contributed by atoms with van der Waals surface area (Å²) >= 11 is 3.13. The van der Waals surface area contributed by atoms with Crippen LogP contribution in [0.4, 0.5) is 10.1 Å². The van der Waals surface area contributed by atoms with E-state index in [4.69, 9.17) is 0 Å². The molecule has 0 aromatic heterocycles. The molecule has 0 radical (unpaired) electrons. The van der Waals surface area contributed by atoms with Gasteiger partial charge in [0, 0.05) is 11.3 Å². The summed E-state index contributed by atoms with van der Waals surface area (Å²) in [5, 5.41) is 13.1. The van der Waals surface area contributed by atoms with Gasteiger partial charge in [0.25, 0.3) is 0 Å². The highest BCUT2D eigenvalue weighted by molar-refractivity contribution is 9.10. The maximum atomic E-state index is 13.5. The summed E-state index contributed by atoms with van der Waals surface area (Å²) < 4.78 is 13.9. The summed E-state index contributed by atoms with van der Waals surface area (Å²) in [6.45, 7) is 2.01. The maximum absolute atomic E-state index is 13.5. The van der Waals surface area contributed by atoms with Crippen molar-refractivity contribution >= 4 is 21.6 Å². The molecule has 0 amide bonds. The minimum absolute atomic E-state index is 0.0539. The van der Waals surface area contributed by atoms with Crippen LogP contribution in [0.15, 0.2) is 46.9 Å². The molecule has 2 N–H and O–H groups in total. The number of hydrogen-bond acceptors (Lipinski definition) is 2. The Morgan fingerprint density at radius 1 is 1.26 bits per heavy atom. The highest BCUT2D eigenvalue weighted by Gasteiger charge is 2.13. The molecule has 0 saturated heterocycles. The lowest BCUT2D eigenvalue weighted by Crippen LogP contribution is -2.10. The van der Waals surface area contributed by atoms with Crippen LogP contribution in [0.3, 0.4) is 0 Å². The second-order valence-electron chi connectivity index (χ2n) is 4.29. The monoisotopic (exact) mass is 323 g/mol. The molecule has 4 heteroatoms. The number of phenols is 1. The van der Waals surface area contributed by atoms with Crippen molar-refractivity contribution in [3.8, 4) is 5.75 Å². The highest BCUT2D eigenvalue weighted by atomic mass is 79.9. The predicted octanol–water partition coefficient (Wildman–Crippen LogP) is 4.86. The normalized spacial score (nSPS) is 12.2. The molecule has 0 bridgehead atoms. The van der Waals surface area contributed by atoms with Crippen molar-refractivity contribution in [2.45, 2.75) is 19.4 Å². The van der Waals surface area contributed by atoms with Crippen molar-refractivity contribution in [3.63, 3.8) is 0 Å². The average molecular weight is 324 g/mol. The van der Waals surface area contributed by atoms with Crippen LogP contribution in [-0.4, -0.2) is 5.11 Å². The lowest BCUT2D eigenvalue weighted by atomic mass is 10.0. The molecule has 1 atom stereocenters. The van der Waals surface area contributed by atoms with Gasteiger partial charge >= 0.3 is 0 Å². The topological polar surface area (TPSA) is 32.3 Å². The first kappa shape index (κ1) is 13.9. The number of para-hydroxylation sites is 1. The minimum atomic E-state index is -0.308. The maximum Gasteiger partial charge on any atom is 0.139 e. The van der Waals surface area contributed by atoms with E-state index in [0.717, 1.165) is 12.0 Å². The Balaban J connectivity index is 2.24. The zero-order valence-corrected chi connectivity index (χ0v) is 12.1. The van der Waals surface area contributed by atoms with Crippen LogP contribution in [0, 0.1) is 5.82 Å². The Kier molecular flexibility index (Phi) is 4.43. The van der Waals surface area contributed by atoms with Gasteiger partial charge in [0.05, 0.1) is 10.5 Å². The van der Waals surface area contributed by atoms with Crippen LogP contribution >= 0.6 is 15.9 Å². The molecule has 0 spiro atoms. The Bertz CT molecular complexity index is 574. The van der Waals surface area contributed by atoms with Crippen LogP contribution in [-0.2, 0) is 0 Å². The van der Waals surface area contributed by atoms with Gasteiger partial charge in [-0.25, -0.2) is 4.39 Å². The first-order valence-corrected chi connectivity index (χ1v) is 6.90. The summed E-state index contributed by atoms with van der Waals surface area (Å²) in [4.78, 5) is 0. The number of halogens is 2.